The molecule has 8 nitrogen and oxygen atoms in total. The molecule has 0 radical (unpaired) electrons. The maximum absolute atomic E-state index is 4.58. The van der Waals surface area contributed by atoms with Crippen LogP contribution in [0.15, 0.2) is 48.0 Å². The third kappa shape index (κ3) is 5.46. The Morgan fingerprint density at radius 2 is 1.97 bits per heavy atom. The number of hydrogen-bond donors (Lipinski definition) is 2. The maximum Gasteiger partial charge on any atom is 0.180 e. The minimum atomic E-state index is 0.704. The minimum absolute atomic E-state index is 0.704. The second kappa shape index (κ2) is 11.2. The lowest BCUT2D eigenvalue weighted by Crippen LogP contribution is -2.43. The van der Waals surface area contributed by atoms with Gasteiger partial charge in [0.2, 0.25) is 0 Å². The first-order valence-electron chi connectivity index (χ1n) is 10.8. The smallest absolute Gasteiger partial charge is 0.180 e. The van der Waals surface area contributed by atoms with Crippen LogP contribution in [-0.2, 0) is 0 Å². The predicted molar refractivity (Wildman–Crippen MR) is 130 cm³/mol. The van der Waals surface area contributed by atoms with Crippen molar-refractivity contribution in [3.05, 3.63) is 48.7 Å². The predicted octanol–water partition coefficient (Wildman–Crippen LogP) is 3.80. The number of rotatable bonds is 5. The fourth-order valence-electron chi connectivity index (χ4n) is 3.35. The van der Waals surface area contributed by atoms with E-state index in [-0.39, 0.29) is 0 Å². The topological polar surface area (TPSA) is 82.7 Å². The second-order valence-corrected chi connectivity index (χ2v) is 7.22. The van der Waals surface area contributed by atoms with Crippen molar-refractivity contribution in [2.24, 2.45) is 4.99 Å². The fourth-order valence-corrected chi connectivity index (χ4v) is 3.35. The van der Waals surface area contributed by atoms with Gasteiger partial charge in [0, 0.05) is 75.4 Å². The molecule has 1 fully saturated rings. The Balaban J connectivity index is 0.000000858. The van der Waals surface area contributed by atoms with Gasteiger partial charge in [0.25, 0.3) is 0 Å². The van der Waals surface area contributed by atoms with Crippen LogP contribution in [0.3, 0.4) is 0 Å². The average molecular weight is 421 g/mol. The summed E-state index contributed by atoms with van der Waals surface area (Å²) in [5, 5.41) is 6.76. The SMILES string of the molecule is C/C=C(\C=NC)c1cnc2c(Nc3ccnc(N4CCNCC4)c3)nccn12.CCC. The van der Waals surface area contributed by atoms with Gasteiger partial charge in [-0.1, -0.05) is 26.3 Å². The Morgan fingerprint density at radius 1 is 1.19 bits per heavy atom. The number of nitrogens with one attached hydrogen (secondary N) is 2. The number of allylic oxidation sites excluding steroid dienone is 2. The van der Waals surface area contributed by atoms with Crippen molar-refractivity contribution in [3.8, 4) is 0 Å². The quantitative estimate of drug-likeness (QED) is 0.611. The van der Waals surface area contributed by atoms with Gasteiger partial charge in [-0.15, -0.1) is 0 Å². The van der Waals surface area contributed by atoms with Crippen molar-refractivity contribution < 1.29 is 0 Å². The normalized spacial score (nSPS) is 14.6. The van der Waals surface area contributed by atoms with Crippen LogP contribution < -0.4 is 15.5 Å². The Kier molecular flexibility index (Phi) is 8.12. The van der Waals surface area contributed by atoms with Gasteiger partial charge in [0.1, 0.15) is 5.82 Å². The van der Waals surface area contributed by atoms with E-state index in [2.05, 4.69) is 55.4 Å². The molecular weight excluding hydrogens is 388 g/mol. The van der Waals surface area contributed by atoms with Crippen LogP contribution in [0.5, 0.6) is 0 Å². The highest BCUT2D eigenvalue weighted by molar-refractivity contribution is 6.09. The summed E-state index contributed by atoms with van der Waals surface area (Å²) < 4.78 is 2.02. The van der Waals surface area contributed by atoms with Crippen LogP contribution in [0.4, 0.5) is 17.3 Å². The van der Waals surface area contributed by atoms with Gasteiger partial charge in [-0.3, -0.25) is 9.39 Å². The molecule has 164 valence electrons. The summed E-state index contributed by atoms with van der Waals surface area (Å²) in [5.41, 5.74) is 3.69. The number of piperazine rings is 1. The zero-order valence-electron chi connectivity index (χ0n) is 18.8. The number of aliphatic imine (C=N–C) groups is 1. The molecule has 0 aliphatic carbocycles. The van der Waals surface area contributed by atoms with Crippen molar-refractivity contribution in [3.63, 3.8) is 0 Å². The van der Waals surface area contributed by atoms with E-state index in [1.165, 1.54) is 6.42 Å². The average Bonchev–Trinajstić information content (AvgIpc) is 3.24. The van der Waals surface area contributed by atoms with E-state index in [1.54, 1.807) is 13.2 Å². The molecule has 1 aliphatic heterocycles. The Bertz CT molecular complexity index is 1030. The zero-order valence-corrected chi connectivity index (χ0v) is 18.8. The Morgan fingerprint density at radius 3 is 2.68 bits per heavy atom. The zero-order chi connectivity index (χ0) is 22.1. The molecule has 4 rings (SSSR count). The highest BCUT2D eigenvalue weighted by atomic mass is 15.2. The second-order valence-electron chi connectivity index (χ2n) is 7.22. The Hall–Kier alpha value is -3.26. The van der Waals surface area contributed by atoms with E-state index in [1.807, 2.05) is 48.3 Å². The van der Waals surface area contributed by atoms with Gasteiger partial charge >= 0.3 is 0 Å². The van der Waals surface area contributed by atoms with Gasteiger partial charge < -0.3 is 15.5 Å². The minimum Gasteiger partial charge on any atom is -0.354 e. The highest BCUT2D eigenvalue weighted by Gasteiger charge is 2.14. The summed E-state index contributed by atoms with van der Waals surface area (Å²) in [5.74, 6) is 1.67. The lowest BCUT2D eigenvalue weighted by Gasteiger charge is -2.28. The molecule has 2 N–H and O–H groups in total. The monoisotopic (exact) mass is 420 g/mol. The molecule has 4 heterocycles. The first kappa shape index (κ1) is 22.4. The van der Waals surface area contributed by atoms with Crippen molar-refractivity contribution in [2.45, 2.75) is 27.2 Å². The van der Waals surface area contributed by atoms with Crippen LogP contribution in [0.25, 0.3) is 11.2 Å². The molecule has 0 spiro atoms. The van der Waals surface area contributed by atoms with Crippen LogP contribution in [-0.4, -0.2) is 58.8 Å². The molecule has 0 amide bonds. The first-order chi connectivity index (χ1) is 15.2. The van der Waals surface area contributed by atoms with Crippen molar-refractivity contribution >= 4 is 34.8 Å². The van der Waals surface area contributed by atoms with Crippen molar-refractivity contribution in [2.75, 3.05) is 43.4 Å². The van der Waals surface area contributed by atoms with Crippen molar-refractivity contribution in [1.29, 1.82) is 0 Å². The number of anilines is 3. The molecular formula is C23H32N8. The van der Waals surface area contributed by atoms with Crippen LogP contribution in [0, 0.1) is 0 Å². The number of pyridine rings is 1. The first-order valence-corrected chi connectivity index (χ1v) is 10.8. The summed E-state index contributed by atoms with van der Waals surface area (Å²) >= 11 is 0. The van der Waals surface area contributed by atoms with Gasteiger partial charge in [0.15, 0.2) is 11.5 Å². The van der Waals surface area contributed by atoms with E-state index < -0.39 is 0 Å². The maximum atomic E-state index is 4.58. The Labute approximate surface area is 184 Å². The molecule has 0 saturated carbocycles. The van der Waals surface area contributed by atoms with E-state index >= 15 is 0 Å². The third-order valence-electron chi connectivity index (χ3n) is 4.75. The molecule has 3 aromatic rings. The number of nitrogens with zero attached hydrogens (tertiary/aromatic N) is 6. The highest BCUT2D eigenvalue weighted by Crippen LogP contribution is 2.24. The number of hydrogen-bond acceptors (Lipinski definition) is 7. The summed E-state index contributed by atoms with van der Waals surface area (Å²) in [6.45, 7) is 10.1. The largest absolute Gasteiger partial charge is 0.354 e. The number of fused-ring (bicyclic) bond motifs is 1. The third-order valence-corrected chi connectivity index (χ3v) is 4.75. The van der Waals surface area contributed by atoms with E-state index in [9.17, 15) is 0 Å². The number of imidazole rings is 1. The van der Waals surface area contributed by atoms with Gasteiger partial charge in [-0.05, 0) is 13.0 Å². The van der Waals surface area contributed by atoms with Gasteiger partial charge in [0.05, 0.1) is 11.9 Å². The molecule has 1 aliphatic rings. The molecule has 0 atom stereocenters. The van der Waals surface area contributed by atoms with Gasteiger partial charge in [-0.25, -0.2) is 15.0 Å². The molecule has 0 unspecified atom stereocenters. The van der Waals surface area contributed by atoms with Crippen LogP contribution in [0.1, 0.15) is 32.9 Å². The molecule has 0 aromatic carbocycles. The van der Waals surface area contributed by atoms with E-state index in [4.69, 9.17) is 0 Å². The summed E-state index contributed by atoms with van der Waals surface area (Å²) in [6, 6.07) is 4.00. The molecule has 31 heavy (non-hydrogen) atoms. The molecule has 1 saturated heterocycles. The van der Waals surface area contributed by atoms with E-state index in [0.29, 0.717) is 5.82 Å². The fraction of sp³-hybridized carbons (Fsp3) is 0.391. The van der Waals surface area contributed by atoms with Crippen molar-refractivity contribution in [1.82, 2.24) is 24.7 Å². The molecule has 3 aromatic heterocycles. The van der Waals surface area contributed by atoms with E-state index in [0.717, 1.165) is 54.6 Å². The van der Waals surface area contributed by atoms with Crippen LogP contribution >= 0.6 is 0 Å². The summed E-state index contributed by atoms with van der Waals surface area (Å²) in [6.07, 6.45) is 12.5. The standard InChI is InChI=1S/C20H24N8.C3H8/c1-3-15(13-21-2)17-14-25-20-19(24-8-11-28(17)20)26-16-4-5-23-18(12-16)27-9-6-22-7-10-27;1-3-2/h3-5,8,11-14,22H,6-7,9-10H2,1-2H3,(H,23,24,26);3H2,1-2H3/b15-3+,21-13?;. The lowest BCUT2D eigenvalue weighted by atomic mass is 10.2. The summed E-state index contributed by atoms with van der Waals surface area (Å²) in [4.78, 5) is 20.0. The molecule has 0 bridgehead atoms. The van der Waals surface area contributed by atoms with Crippen LogP contribution in [0.2, 0.25) is 0 Å². The summed E-state index contributed by atoms with van der Waals surface area (Å²) in [7, 11) is 1.76. The molecule has 8 heteroatoms. The number of aromatic nitrogens is 4. The van der Waals surface area contributed by atoms with Gasteiger partial charge in [-0.2, -0.15) is 0 Å². The lowest BCUT2D eigenvalue weighted by molar-refractivity contribution is 0.585.